The maximum absolute atomic E-state index is 13.7. The van der Waals surface area contributed by atoms with Crippen molar-refractivity contribution in [1.82, 2.24) is 20.8 Å². The van der Waals surface area contributed by atoms with Crippen molar-refractivity contribution in [3.05, 3.63) is 64.7 Å². The van der Waals surface area contributed by atoms with E-state index in [0.29, 0.717) is 30.4 Å². The number of carbonyl (C=O) groups is 5. The highest BCUT2D eigenvalue weighted by molar-refractivity contribution is 6.24. The van der Waals surface area contributed by atoms with Crippen molar-refractivity contribution < 1.29 is 38.0 Å². The largest absolute Gasteiger partial charge is 0.426 e. The van der Waals surface area contributed by atoms with E-state index in [4.69, 9.17) is 19.4 Å². The number of amidine groups is 1. The van der Waals surface area contributed by atoms with Gasteiger partial charge in [-0.3, -0.25) is 19.8 Å². The van der Waals surface area contributed by atoms with E-state index in [9.17, 15) is 24.0 Å². The van der Waals surface area contributed by atoms with E-state index in [2.05, 4.69) is 31.1 Å². The minimum atomic E-state index is -1.10. The Balaban J connectivity index is 2.05. The molecule has 0 aliphatic carbocycles. The van der Waals surface area contributed by atoms with Crippen molar-refractivity contribution in [3.63, 3.8) is 0 Å². The van der Waals surface area contributed by atoms with Crippen molar-refractivity contribution in [2.75, 3.05) is 23.6 Å². The highest BCUT2D eigenvalue weighted by Crippen LogP contribution is 2.27. The van der Waals surface area contributed by atoms with Gasteiger partial charge in [0.25, 0.3) is 11.8 Å². The molecule has 0 fully saturated rings. The Hall–Kier alpha value is -5.80. The van der Waals surface area contributed by atoms with Crippen molar-refractivity contribution in [2.45, 2.75) is 40.2 Å². The van der Waals surface area contributed by atoms with Crippen LogP contribution in [-0.2, 0) is 19.1 Å². The average molecular weight is 609 g/mol. The van der Waals surface area contributed by atoms with Crippen LogP contribution >= 0.6 is 0 Å². The van der Waals surface area contributed by atoms with Crippen LogP contribution in [0.15, 0.2) is 46.2 Å². The molecule has 1 aromatic carbocycles. The number of carbonyl (C=O) groups excluding carboxylic acids is 5. The fraction of sp³-hybridized carbons (Fsp3) is 0.286. The number of aromatic nitrogens is 2. The highest BCUT2D eigenvalue weighted by atomic mass is 16.7. The van der Waals surface area contributed by atoms with Crippen molar-refractivity contribution in [1.29, 1.82) is 5.41 Å². The van der Waals surface area contributed by atoms with E-state index in [1.54, 1.807) is 19.9 Å². The maximum Gasteiger partial charge on any atom is 0.423 e. The Morgan fingerprint density at radius 2 is 1.95 bits per heavy atom. The molecule has 0 bridgehead atoms. The van der Waals surface area contributed by atoms with Crippen LogP contribution in [0, 0.1) is 19.3 Å². The minimum Gasteiger partial charge on any atom is -0.426 e. The second-order valence-corrected chi connectivity index (χ2v) is 9.21. The van der Waals surface area contributed by atoms with E-state index < -0.39 is 30.8 Å². The van der Waals surface area contributed by atoms with Gasteiger partial charge in [0.1, 0.15) is 18.6 Å². The van der Waals surface area contributed by atoms with Gasteiger partial charge in [0.05, 0.1) is 16.9 Å². The lowest BCUT2D eigenvalue weighted by Crippen LogP contribution is -2.40. The molecule has 0 saturated heterocycles. The van der Waals surface area contributed by atoms with E-state index >= 15 is 0 Å². The quantitative estimate of drug-likeness (QED) is 0.0632. The Labute approximate surface area is 251 Å². The summed E-state index contributed by atoms with van der Waals surface area (Å²) in [6, 6.07) is 4.93. The summed E-state index contributed by atoms with van der Waals surface area (Å²) >= 11 is 0. The molecule has 1 atom stereocenters. The number of aryl methyl sites for hydroxylation is 1. The number of ether oxygens (including phenoxy) is 2. The van der Waals surface area contributed by atoms with Crippen LogP contribution in [0.1, 0.15) is 57.8 Å². The minimum absolute atomic E-state index is 0.114. The third kappa shape index (κ3) is 7.93. The Morgan fingerprint density at radius 1 is 1.18 bits per heavy atom. The van der Waals surface area contributed by atoms with Gasteiger partial charge in [-0.2, -0.15) is 0 Å². The Morgan fingerprint density at radius 3 is 2.61 bits per heavy atom. The molecule has 2 heterocycles. The number of anilines is 2. The van der Waals surface area contributed by atoms with Crippen LogP contribution in [0.4, 0.5) is 16.3 Å². The predicted octanol–water partition coefficient (Wildman–Crippen LogP) is 2.64. The van der Waals surface area contributed by atoms with E-state index in [1.165, 1.54) is 37.6 Å². The zero-order valence-electron chi connectivity index (χ0n) is 24.4. The number of rotatable bonds is 13. The Kier molecular flexibility index (Phi) is 11.5. The summed E-state index contributed by atoms with van der Waals surface area (Å²) in [5.41, 5.74) is 1.62. The smallest absolute Gasteiger partial charge is 0.423 e. The van der Waals surface area contributed by atoms with Gasteiger partial charge in [-0.1, -0.05) is 18.1 Å². The molecule has 4 amide bonds. The second kappa shape index (κ2) is 15.4. The zero-order chi connectivity index (χ0) is 32.2. The normalized spacial score (nSPS) is 11.6. The number of aliphatic imine (C=N–C) groups is 1. The lowest BCUT2D eigenvalue weighted by Gasteiger charge is -2.25. The molecule has 0 aliphatic heterocycles. The zero-order valence-corrected chi connectivity index (χ0v) is 24.4. The maximum atomic E-state index is 13.7. The molecule has 2 aromatic heterocycles. The number of H-pyrrole nitrogens is 1. The molecule has 0 radical (unpaired) electrons. The van der Waals surface area contributed by atoms with Crippen LogP contribution in [0.3, 0.4) is 0 Å². The number of nitrogens with zero attached hydrogens (tertiary/aromatic N) is 3. The number of esters is 1. The third-order valence-corrected chi connectivity index (χ3v) is 6.17. The molecule has 0 saturated carbocycles. The van der Waals surface area contributed by atoms with Gasteiger partial charge in [-0.15, -0.1) is 0 Å². The van der Waals surface area contributed by atoms with Gasteiger partial charge >= 0.3 is 12.1 Å². The monoisotopic (exact) mass is 608 g/mol. The van der Waals surface area contributed by atoms with Crippen molar-refractivity contribution in [2.24, 2.45) is 4.99 Å². The fourth-order valence-electron chi connectivity index (χ4n) is 3.85. The molecule has 5 N–H and O–H groups in total. The summed E-state index contributed by atoms with van der Waals surface area (Å²) in [5.74, 6) is -1.79. The van der Waals surface area contributed by atoms with Crippen LogP contribution in [-0.4, -0.2) is 72.0 Å². The molecule has 0 aliphatic rings. The first-order valence-corrected chi connectivity index (χ1v) is 13.3. The lowest BCUT2D eigenvalue weighted by atomic mass is 10.1. The molecule has 0 spiro atoms. The molecule has 44 heavy (non-hydrogen) atoms. The third-order valence-electron chi connectivity index (χ3n) is 6.17. The summed E-state index contributed by atoms with van der Waals surface area (Å²) in [6.07, 6.45) is 3.36. The van der Waals surface area contributed by atoms with Crippen LogP contribution in [0.2, 0.25) is 0 Å². The summed E-state index contributed by atoms with van der Waals surface area (Å²) in [5, 5.41) is 18.9. The first-order valence-electron chi connectivity index (χ1n) is 13.3. The first-order chi connectivity index (χ1) is 21.1. The van der Waals surface area contributed by atoms with Gasteiger partial charge in [-0.25, -0.2) is 19.5 Å². The fourth-order valence-corrected chi connectivity index (χ4v) is 3.85. The van der Waals surface area contributed by atoms with Crippen LogP contribution < -0.4 is 20.9 Å². The molecular weight excluding hydrogens is 576 g/mol. The number of hydrogen-bond acceptors (Lipinski definition) is 10. The van der Waals surface area contributed by atoms with Gasteiger partial charge < -0.3 is 34.9 Å². The number of hydrogen-bond donors (Lipinski definition) is 5. The second-order valence-electron chi connectivity index (χ2n) is 9.21. The number of benzene rings is 1. The molecule has 1 unspecified atom stereocenters. The van der Waals surface area contributed by atoms with Crippen molar-refractivity contribution in [3.8, 4) is 0 Å². The molecule has 3 rings (SSSR count). The summed E-state index contributed by atoms with van der Waals surface area (Å²) in [6.45, 7) is 6.19. The highest BCUT2D eigenvalue weighted by Gasteiger charge is 2.30. The summed E-state index contributed by atoms with van der Waals surface area (Å²) in [7, 11) is 0. The molecule has 232 valence electrons. The van der Waals surface area contributed by atoms with Gasteiger partial charge in [0.15, 0.2) is 11.7 Å². The summed E-state index contributed by atoms with van der Waals surface area (Å²) < 4.78 is 14.9. The number of amides is 4. The number of aromatic amines is 1. The van der Waals surface area contributed by atoms with E-state index in [1.807, 2.05) is 6.92 Å². The van der Waals surface area contributed by atoms with Crippen molar-refractivity contribution >= 4 is 54.0 Å². The molecule has 16 heteroatoms. The number of nitrogens with one attached hydrogen (secondary N) is 5. The lowest BCUT2D eigenvalue weighted by molar-refractivity contribution is -0.154. The average Bonchev–Trinajstić information content (AvgIpc) is 3.65. The van der Waals surface area contributed by atoms with E-state index in [-0.39, 0.29) is 40.1 Å². The van der Waals surface area contributed by atoms with E-state index in [0.717, 1.165) is 11.3 Å². The van der Waals surface area contributed by atoms with Crippen LogP contribution in [0.25, 0.3) is 0 Å². The standard InChI is InChI=1S/C28H32N8O8/c1-5-9-30-26(39)20-12-31-23(17(20)3)24(32-13-29)36(28(41)43-15-42-27(40)18(4)33-14-37)21-11-19(7-6-16(21)2)25(38)34-22-8-10-44-35-22/h6-8,10-14,18,29,31H,5,9,15H2,1-4H3,(H,30,39)(H,33,37)(H,34,35,38)/b29-13?,32-24+. The molecule has 3 aromatic rings. The molecule has 16 nitrogen and oxygen atoms in total. The van der Waals surface area contributed by atoms with Gasteiger partial charge in [0.2, 0.25) is 13.2 Å². The van der Waals surface area contributed by atoms with Gasteiger partial charge in [-0.05, 0) is 50.5 Å². The predicted molar refractivity (Wildman–Crippen MR) is 158 cm³/mol. The van der Waals surface area contributed by atoms with Crippen LogP contribution in [0.5, 0.6) is 0 Å². The first kappa shape index (κ1) is 32.7. The topological polar surface area (TPSA) is 221 Å². The Bertz CT molecular complexity index is 1550. The molecular formula is C28H32N8O8. The van der Waals surface area contributed by atoms with Gasteiger partial charge in [0, 0.05) is 24.4 Å². The summed E-state index contributed by atoms with van der Waals surface area (Å²) in [4.78, 5) is 70.1. The SMILES string of the molecule is CCCNC(=O)c1c[nH]c(/C(=N\C=N)N(C(=O)OCOC(=O)C(C)NC=O)c2cc(C(=O)Nc3ccon3)ccc2C)c1C.